The molecule has 0 saturated heterocycles. The zero-order chi connectivity index (χ0) is 37.3. The van der Waals surface area contributed by atoms with Crippen molar-refractivity contribution in [2.75, 3.05) is 21.0 Å². The van der Waals surface area contributed by atoms with Crippen LogP contribution in [0.25, 0.3) is 11.1 Å². The third-order valence-electron chi connectivity index (χ3n) is 9.67. The van der Waals surface area contributed by atoms with Gasteiger partial charge in [-0.15, -0.1) is 0 Å². The standard InChI is InChI=1S/C44H55O6P/c1-41(2,3)30-21-26(22-31(38(30)45-13)42(4,5)6)51(27-23-32(43(7,8)9)39(46-14)33(24-27)44(10,11)12)40-49-35-20-16-18-29(37(35)50-40)28-17-15-19-34-36(28)48-25-47-34/h15-24,40H,25H2,1-14H3. The Morgan fingerprint density at radius 1 is 0.529 bits per heavy atom. The minimum absolute atomic E-state index is 0.182. The molecule has 0 radical (unpaired) electrons. The molecule has 6 nitrogen and oxygen atoms in total. The van der Waals surface area contributed by atoms with Crippen molar-refractivity contribution in [2.45, 2.75) is 111 Å². The lowest BCUT2D eigenvalue weighted by atomic mass is 9.79. The van der Waals surface area contributed by atoms with Gasteiger partial charge in [0.15, 0.2) is 23.0 Å². The first kappa shape index (κ1) is 36.9. The third-order valence-corrected chi connectivity index (χ3v) is 11.9. The fourth-order valence-corrected chi connectivity index (χ4v) is 9.28. The van der Waals surface area contributed by atoms with Crippen LogP contribution in [0.1, 0.15) is 105 Å². The molecule has 1 atom stereocenters. The number of hydrogen-bond donors (Lipinski definition) is 0. The molecule has 2 heterocycles. The van der Waals surface area contributed by atoms with Gasteiger partial charge in [0.25, 0.3) is 6.03 Å². The Labute approximate surface area is 306 Å². The second kappa shape index (κ2) is 13.0. The lowest BCUT2D eigenvalue weighted by Gasteiger charge is -2.34. The number of para-hydroxylation sites is 2. The summed E-state index contributed by atoms with van der Waals surface area (Å²) in [6, 6.07) is 20.8. The maximum absolute atomic E-state index is 7.09. The quantitative estimate of drug-likeness (QED) is 0.186. The fourth-order valence-electron chi connectivity index (χ4n) is 6.99. The van der Waals surface area contributed by atoms with Crippen LogP contribution in [0.2, 0.25) is 0 Å². The summed E-state index contributed by atoms with van der Waals surface area (Å²) in [7, 11) is 2.29. The van der Waals surface area contributed by atoms with E-state index in [9.17, 15) is 0 Å². The first-order chi connectivity index (χ1) is 23.7. The molecule has 272 valence electrons. The lowest BCUT2D eigenvalue weighted by molar-refractivity contribution is 0.132. The molecule has 6 rings (SSSR count). The van der Waals surface area contributed by atoms with Gasteiger partial charge in [-0.1, -0.05) is 107 Å². The number of benzene rings is 4. The summed E-state index contributed by atoms with van der Waals surface area (Å²) in [5.41, 5.74) is 5.74. The van der Waals surface area contributed by atoms with Gasteiger partial charge >= 0.3 is 0 Å². The number of ether oxygens (including phenoxy) is 6. The van der Waals surface area contributed by atoms with Crippen LogP contribution in [-0.4, -0.2) is 27.0 Å². The van der Waals surface area contributed by atoms with Crippen LogP contribution in [-0.2, 0) is 21.7 Å². The molecule has 1 unspecified atom stereocenters. The fraction of sp³-hybridized carbons (Fsp3) is 0.455. The highest BCUT2D eigenvalue weighted by Crippen LogP contribution is 2.55. The largest absolute Gasteiger partial charge is 0.496 e. The molecule has 0 bridgehead atoms. The predicted octanol–water partition coefficient (Wildman–Crippen LogP) is 10.5. The Hall–Kier alpha value is -3.89. The van der Waals surface area contributed by atoms with Gasteiger partial charge < -0.3 is 28.4 Å². The van der Waals surface area contributed by atoms with E-state index < -0.39 is 14.0 Å². The van der Waals surface area contributed by atoms with Crippen LogP contribution in [0, 0.1) is 0 Å². The third kappa shape index (κ3) is 6.89. The SMILES string of the molecule is COc1c(C(C)(C)C)cc(P(c2cc(C(C)(C)C)c(OC)c(C(C)(C)C)c2)C2Oc3cccc(-c4cccc5c4OCO5)c3O2)cc1C(C)(C)C. The predicted molar refractivity (Wildman–Crippen MR) is 210 cm³/mol. The van der Waals surface area contributed by atoms with E-state index in [0.29, 0.717) is 11.5 Å². The molecule has 0 fully saturated rings. The van der Waals surface area contributed by atoms with Gasteiger partial charge in [-0.3, -0.25) is 0 Å². The van der Waals surface area contributed by atoms with E-state index in [1.807, 2.05) is 30.3 Å². The zero-order valence-corrected chi connectivity index (χ0v) is 33.8. The number of methoxy groups -OCH3 is 2. The van der Waals surface area contributed by atoms with Gasteiger partial charge in [-0.05, 0) is 68.7 Å². The maximum Gasteiger partial charge on any atom is 0.266 e. The molecule has 0 aromatic heterocycles. The van der Waals surface area contributed by atoms with Gasteiger partial charge in [0.1, 0.15) is 11.5 Å². The molecular formula is C44H55O6P. The van der Waals surface area contributed by atoms with Gasteiger partial charge in [0.2, 0.25) is 6.79 Å². The van der Waals surface area contributed by atoms with Crippen LogP contribution >= 0.6 is 7.92 Å². The highest BCUT2D eigenvalue weighted by Gasteiger charge is 2.40. The minimum Gasteiger partial charge on any atom is -0.496 e. The topological polar surface area (TPSA) is 55.4 Å². The van der Waals surface area contributed by atoms with Crippen molar-refractivity contribution in [1.82, 2.24) is 0 Å². The molecule has 0 saturated carbocycles. The number of fused-ring (bicyclic) bond motifs is 2. The van der Waals surface area contributed by atoms with E-state index in [2.05, 4.69) is 113 Å². The summed E-state index contributed by atoms with van der Waals surface area (Å²) in [5.74, 6) is 4.75. The maximum atomic E-state index is 7.09. The monoisotopic (exact) mass is 710 g/mol. The van der Waals surface area contributed by atoms with E-state index >= 15 is 0 Å². The van der Waals surface area contributed by atoms with Crippen molar-refractivity contribution in [2.24, 2.45) is 0 Å². The number of hydrogen-bond acceptors (Lipinski definition) is 6. The van der Waals surface area contributed by atoms with Crippen molar-refractivity contribution in [1.29, 1.82) is 0 Å². The van der Waals surface area contributed by atoms with Crippen molar-refractivity contribution < 1.29 is 28.4 Å². The second-order valence-corrected chi connectivity index (χ2v) is 19.9. The summed E-state index contributed by atoms with van der Waals surface area (Å²) in [6.07, 6.45) is 0. The minimum atomic E-state index is -1.28. The van der Waals surface area contributed by atoms with Gasteiger partial charge in [-0.25, -0.2) is 0 Å². The van der Waals surface area contributed by atoms with E-state index in [1.165, 1.54) is 10.6 Å². The summed E-state index contributed by atoms with van der Waals surface area (Å²) in [6.45, 7) is 27.2. The van der Waals surface area contributed by atoms with Crippen LogP contribution in [0.5, 0.6) is 34.5 Å². The van der Waals surface area contributed by atoms with Gasteiger partial charge in [-0.2, -0.15) is 0 Å². The highest BCUT2D eigenvalue weighted by atomic mass is 31.1. The first-order valence-corrected chi connectivity index (χ1v) is 19.3. The Bertz CT molecular complexity index is 1800. The van der Waals surface area contributed by atoms with Crippen LogP contribution in [0.15, 0.2) is 60.7 Å². The second-order valence-electron chi connectivity index (χ2n) is 17.7. The Kier molecular flexibility index (Phi) is 9.37. The molecule has 0 amide bonds. The average molecular weight is 711 g/mol. The van der Waals surface area contributed by atoms with Crippen molar-refractivity contribution in [3.63, 3.8) is 0 Å². The molecular weight excluding hydrogens is 655 g/mol. The van der Waals surface area contributed by atoms with Crippen molar-refractivity contribution >= 4 is 18.5 Å². The van der Waals surface area contributed by atoms with Gasteiger partial charge in [0, 0.05) is 41.3 Å². The molecule has 0 aliphatic carbocycles. The summed E-state index contributed by atoms with van der Waals surface area (Å²) in [5, 5.41) is 2.34. The Balaban J connectivity index is 1.63. The first-order valence-electron chi connectivity index (χ1n) is 17.8. The summed E-state index contributed by atoms with van der Waals surface area (Å²) >= 11 is 0. The lowest BCUT2D eigenvalue weighted by Crippen LogP contribution is -2.32. The molecule has 4 aromatic rings. The van der Waals surface area contributed by atoms with E-state index in [4.69, 9.17) is 28.4 Å². The summed E-state index contributed by atoms with van der Waals surface area (Å²) < 4.78 is 38.1. The molecule has 0 N–H and O–H groups in total. The Morgan fingerprint density at radius 2 is 0.941 bits per heavy atom. The normalized spacial score (nSPS) is 15.8. The Morgan fingerprint density at radius 3 is 1.35 bits per heavy atom. The molecule has 7 heteroatoms. The highest BCUT2D eigenvalue weighted by molar-refractivity contribution is 7.73. The smallest absolute Gasteiger partial charge is 0.266 e. The molecule has 2 aliphatic heterocycles. The van der Waals surface area contributed by atoms with Gasteiger partial charge in [0.05, 0.1) is 14.2 Å². The van der Waals surface area contributed by atoms with E-state index in [1.54, 1.807) is 14.2 Å². The average Bonchev–Trinajstić information content (AvgIpc) is 3.70. The van der Waals surface area contributed by atoms with Crippen molar-refractivity contribution in [3.05, 3.63) is 82.9 Å². The van der Waals surface area contributed by atoms with Crippen LogP contribution in [0.4, 0.5) is 0 Å². The molecule has 51 heavy (non-hydrogen) atoms. The van der Waals surface area contributed by atoms with Crippen LogP contribution in [0.3, 0.4) is 0 Å². The van der Waals surface area contributed by atoms with E-state index in [-0.39, 0.29) is 28.5 Å². The summed E-state index contributed by atoms with van der Waals surface area (Å²) in [4.78, 5) is 0. The van der Waals surface area contributed by atoms with Crippen molar-refractivity contribution in [3.8, 4) is 45.6 Å². The zero-order valence-electron chi connectivity index (χ0n) is 33.0. The van der Waals surface area contributed by atoms with Crippen LogP contribution < -0.4 is 39.0 Å². The molecule has 0 spiro atoms. The molecule has 4 aromatic carbocycles. The number of rotatable bonds is 6. The molecule has 2 aliphatic rings. The van der Waals surface area contributed by atoms with E-state index in [0.717, 1.165) is 56.4 Å².